The fourth-order valence-corrected chi connectivity index (χ4v) is 2.57. The molecule has 1 N–H and O–H groups in total. The van der Waals surface area contributed by atoms with E-state index in [0.717, 1.165) is 5.56 Å². The number of rotatable bonds is 4. The second-order valence-electron chi connectivity index (χ2n) is 4.49. The van der Waals surface area contributed by atoms with Crippen LogP contribution in [0, 0.1) is 0 Å². The molecule has 1 amide bonds. The van der Waals surface area contributed by atoms with E-state index in [9.17, 15) is 4.79 Å². The normalized spacial score (nSPS) is 11.4. The standard InChI is InChI=1S/C16H13Cl3N2O/c1-2-15(13-7-6-12(18)9-14(13)19)20-21-16(22)10-4-3-5-11(17)8-10/h3-9H,2H2,1H3,(H,21,22). The molecule has 0 heterocycles. The molecule has 0 spiro atoms. The van der Waals surface area contributed by atoms with Gasteiger partial charge in [0.25, 0.3) is 5.91 Å². The van der Waals surface area contributed by atoms with Crippen molar-refractivity contribution >= 4 is 46.4 Å². The first-order valence-corrected chi connectivity index (χ1v) is 7.72. The number of amides is 1. The lowest BCUT2D eigenvalue weighted by molar-refractivity contribution is 0.0955. The van der Waals surface area contributed by atoms with E-state index in [-0.39, 0.29) is 5.91 Å². The zero-order chi connectivity index (χ0) is 16.1. The van der Waals surface area contributed by atoms with Gasteiger partial charge >= 0.3 is 0 Å². The number of hydrogen-bond donors (Lipinski definition) is 1. The average molecular weight is 356 g/mol. The zero-order valence-corrected chi connectivity index (χ0v) is 14.0. The molecule has 2 rings (SSSR count). The number of hydrazone groups is 1. The van der Waals surface area contributed by atoms with Gasteiger partial charge in [-0.2, -0.15) is 5.10 Å². The van der Waals surface area contributed by atoms with Crippen LogP contribution in [0.5, 0.6) is 0 Å². The summed E-state index contributed by atoms with van der Waals surface area (Å²) in [7, 11) is 0. The Labute approximate surface area is 143 Å². The topological polar surface area (TPSA) is 41.5 Å². The van der Waals surface area contributed by atoms with Gasteiger partial charge in [0.15, 0.2) is 0 Å². The number of nitrogens with one attached hydrogen (secondary N) is 1. The Bertz CT molecular complexity index is 729. The molecular formula is C16H13Cl3N2O. The van der Waals surface area contributed by atoms with Gasteiger partial charge in [0.1, 0.15) is 0 Å². The number of hydrogen-bond acceptors (Lipinski definition) is 2. The monoisotopic (exact) mass is 354 g/mol. The summed E-state index contributed by atoms with van der Waals surface area (Å²) in [5, 5.41) is 5.69. The molecule has 3 nitrogen and oxygen atoms in total. The van der Waals surface area contributed by atoms with E-state index in [4.69, 9.17) is 34.8 Å². The molecule has 22 heavy (non-hydrogen) atoms. The Kier molecular flexibility index (Phi) is 5.83. The molecule has 0 atom stereocenters. The van der Waals surface area contributed by atoms with Crippen LogP contribution in [-0.4, -0.2) is 11.6 Å². The molecule has 0 unspecified atom stereocenters. The van der Waals surface area contributed by atoms with Crippen LogP contribution in [0.1, 0.15) is 29.3 Å². The fraction of sp³-hybridized carbons (Fsp3) is 0.125. The van der Waals surface area contributed by atoms with E-state index >= 15 is 0 Å². The van der Waals surface area contributed by atoms with Crippen LogP contribution in [0.25, 0.3) is 0 Å². The average Bonchev–Trinajstić information content (AvgIpc) is 2.49. The van der Waals surface area contributed by atoms with E-state index in [1.165, 1.54) is 0 Å². The third-order valence-electron chi connectivity index (χ3n) is 2.96. The minimum atomic E-state index is -0.335. The molecule has 0 aliphatic carbocycles. The second kappa shape index (κ2) is 7.63. The Hall–Kier alpha value is -1.55. The Morgan fingerprint density at radius 2 is 1.82 bits per heavy atom. The summed E-state index contributed by atoms with van der Waals surface area (Å²) in [5.74, 6) is -0.335. The van der Waals surface area contributed by atoms with Crippen molar-refractivity contribution in [2.24, 2.45) is 5.10 Å². The molecule has 2 aromatic carbocycles. The highest BCUT2D eigenvalue weighted by atomic mass is 35.5. The SMILES string of the molecule is CCC(=NNC(=O)c1cccc(Cl)c1)c1ccc(Cl)cc1Cl. The molecule has 0 radical (unpaired) electrons. The van der Waals surface area contributed by atoms with Gasteiger partial charge in [-0.3, -0.25) is 4.79 Å². The maximum Gasteiger partial charge on any atom is 0.271 e. The summed E-state index contributed by atoms with van der Waals surface area (Å²) >= 11 is 17.9. The lowest BCUT2D eigenvalue weighted by Crippen LogP contribution is -2.20. The predicted octanol–water partition coefficient (Wildman–Crippen LogP) is 5.19. The molecule has 0 aromatic heterocycles. The van der Waals surface area contributed by atoms with Gasteiger partial charge in [-0.1, -0.05) is 53.9 Å². The van der Waals surface area contributed by atoms with Crippen molar-refractivity contribution in [1.82, 2.24) is 5.43 Å². The summed E-state index contributed by atoms with van der Waals surface area (Å²) < 4.78 is 0. The third-order valence-corrected chi connectivity index (χ3v) is 3.74. The van der Waals surface area contributed by atoms with E-state index in [0.29, 0.717) is 32.8 Å². The summed E-state index contributed by atoms with van der Waals surface area (Å²) in [4.78, 5) is 12.1. The van der Waals surface area contributed by atoms with Crippen LogP contribution >= 0.6 is 34.8 Å². The van der Waals surface area contributed by atoms with Crippen molar-refractivity contribution in [3.63, 3.8) is 0 Å². The second-order valence-corrected chi connectivity index (χ2v) is 5.77. The van der Waals surface area contributed by atoms with Crippen molar-refractivity contribution in [2.75, 3.05) is 0 Å². The van der Waals surface area contributed by atoms with Crippen molar-refractivity contribution in [2.45, 2.75) is 13.3 Å². The van der Waals surface area contributed by atoms with Gasteiger partial charge < -0.3 is 0 Å². The van der Waals surface area contributed by atoms with E-state index in [2.05, 4.69) is 10.5 Å². The van der Waals surface area contributed by atoms with E-state index in [1.807, 2.05) is 6.92 Å². The van der Waals surface area contributed by atoms with Crippen molar-refractivity contribution in [3.8, 4) is 0 Å². The molecular weight excluding hydrogens is 343 g/mol. The van der Waals surface area contributed by atoms with Gasteiger partial charge in [-0.25, -0.2) is 5.43 Å². The molecule has 0 saturated heterocycles. The Morgan fingerprint density at radius 1 is 1.09 bits per heavy atom. The summed E-state index contributed by atoms with van der Waals surface area (Å²) in [6.07, 6.45) is 0.608. The van der Waals surface area contributed by atoms with E-state index < -0.39 is 0 Å². The minimum absolute atomic E-state index is 0.335. The number of halogens is 3. The quantitative estimate of drug-likeness (QED) is 0.595. The lowest BCUT2D eigenvalue weighted by Gasteiger charge is -2.08. The van der Waals surface area contributed by atoms with Crippen molar-refractivity contribution < 1.29 is 4.79 Å². The predicted molar refractivity (Wildman–Crippen MR) is 92.2 cm³/mol. The minimum Gasteiger partial charge on any atom is -0.267 e. The zero-order valence-electron chi connectivity index (χ0n) is 11.7. The largest absolute Gasteiger partial charge is 0.271 e. The molecule has 0 aliphatic heterocycles. The molecule has 0 aliphatic rings. The van der Waals surface area contributed by atoms with E-state index in [1.54, 1.807) is 42.5 Å². The molecule has 0 bridgehead atoms. The van der Waals surface area contributed by atoms with Crippen LogP contribution in [0.2, 0.25) is 15.1 Å². The van der Waals surface area contributed by atoms with Gasteiger partial charge in [-0.15, -0.1) is 0 Å². The molecule has 0 fully saturated rings. The van der Waals surface area contributed by atoms with Crippen LogP contribution in [0.3, 0.4) is 0 Å². The molecule has 6 heteroatoms. The van der Waals surface area contributed by atoms with Crippen LogP contribution in [0.4, 0.5) is 0 Å². The molecule has 114 valence electrons. The maximum atomic E-state index is 12.1. The Balaban J connectivity index is 2.21. The van der Waals surface area contributed by atoms with Gasteiger partial charge in [0, 0.05) is 21.2 Å². The maximum absolute atomic E-state index is 12.1. The lowest BCUT2D eigenvalue weighted by atomic mass is 10.1. The number of carbonyl (C=O) groups excluding carboxylic acids is 1. The Morgan fingerprint density at radius 3 is 2.45 bits per heavy atom. The summed E-state index contributed by atoms with van der Waals surface area (Å²) in [5.41, 5.74) is 4.36. The highest BCUT2D eigenvalue weighted by Crippen LogP contribution is 2.22. The first-order chi connectivity index (χ1) is 10.5. The number of nitrogens with zero attached hydrogens (tertiary/aromatic N) is 1. The summed E-state index contributed by atoms with van der Waals surface area (Å²) in [6, 6.07) is 11.8. The summed E-state index contributed by atoms with van der Waals surface area (Å²) in [6.45, 7) is 1.93. The third kappa shape index (κ3) is 4.23. The highest BCUT2D eigenvalue weighted by molar-refractivity contribution is 6.37. The van der Waals surface area contributed by atoms with Crippen molar-refractivity contribution in [1.29, 1.82) is 0 Å². The van der Waals surface area contributed by atoms with Crippen LogP contribution in [0.15, 0.2) is 47.6 Å². The molecule has 0 saturated carbocycles. The first kappa shape index (κ1) is 16.8. The van der Waals surface area contributed by atoms with Gasteiger partial charge in [0.05, 0.1) is 10.7 Å². The number of carbonyl (C=O) groups is 1. The number of benzene rings is 2. The first-order valence-electron chi connectivity index (χ1n) is 6.59. The molecule has 2 aromatic rings. The van der Waals surface area contributed by atoms with Crippen LogP contribution in [-0.2, 0) is 0 Å². The van der Waals surface area contributed by atoms with Gasteiger partial charge in [0.2, 0.25) is 0 Å². The smallest absolute Gasteiger partial charge is 0.267 e. The van der Waals surface area contributed by atoms with Crippen molar-refractivity contribution in [3.05, 3.63) is 68.7 Å². The fourth-order valence-electron chi connectivity index (χ4n) is 1.87. The van der Waals surface area contributed by atoms with Gasteiger partial charge in [-0.05, 0) is 36.8 Å². The highest BCUT2D eigenvalue weighted by Gasteiger charge is 2.09. The van der Waals surface area contributed by atoms with Crippen LogP contribution < -0.4 is 5.43 Å².